The van der Waals surface area contributed by atoms with Gasteiger partial charge in [0.05, 0.1) is 0 Å². The number of nitrogens with one attached hydrogen (secondary N) is 1. The third-order valence-electron chi connectivity index (χ3n) is 3.17. The summed E-state index contributed by atoms with van der Waals surface area (Å²) in [6.45, 7) is 4.71. The van der Waals surface area contributed by atoms with E-state index < -0.39 is 0 Å². The monoisotopic (exact) mass is 411 g/mol. The Balaban J connectivity index is 2.17. The maximum Gasteiger partial charge on any atom is 0.133 e. The van der Waals surface area contributed by atoms with Gasteiger partial charge in [-0.05, 0) is 46.2 Å². The predicted molar refractivity (Wildman–Crippen MR) is 95.6 cm³/mol. The second kappa shape index (κ2) is 7.92. The van der Waals surface area contributed by atoms with E-state index in [0.29, 0.717) is 0 Å². The first kappa shape index (κ1) is 16.5. The zero-order chi connectivity index (χ0) is 15.2. The Labute approximate surface area is 143 Å². The van der Waals surface area contributed by atoms with Crippen molar-refractivity contribution in [1.82, 2.24) is 10.3 Å². The number of aromatic nitrogens is 1. The number of hydrogen-bond donors (Lipinski definition) is 1. The summed E-state index contributed by atoms with van der Waals surface area (Å²) < 4.78 is 2.11. The zero-order valence-electron chi connectivity index (χ0n) is 12.2. The van der Waals surface area contributed by atoms with E-state index >= 15 is 0 Å². The van der Waals surface area contributed by atoms with Crippen molar-refractivity contribution >= 4 is 37.7 Å². The Hall–Kier alpha value is -0.910. The number of nitrogens with zero attached hydrogens (tertiary/aromatic N) is 2. The largest absolute Gasteiger partial charge is 0.355 e. The number of hydrogen-bond acceptors (Lipinski definition) is 3. The van der Waals surface area contributed by atoms with Gasteiger partial charge in [0.25, 0.3) is 0 Å². The third-order valence-corrected chi connectivity index (χ3v) is 4.13. The molecule has 112 valence electrons. The van der Waals surface area contributed by atoms with Crippen molar-refractivity contribution in [3.8, 4) is 0 Å². The molecule has 0 fully saturated rings. The SMILES string of the molecule is CCNCc1cc(Br)cnc1N(C)Cc1ccc(Br)cc1. The van der Waals surface area contributed by atoms with Gasteiger partial charge in [-0.1, -0.05) is 35.0 Å². The van der Waals surface area contributed by atoms with Crippen LogP contribution in [-0.2, 0) is 13.1 Å². The van der Waals surface area contributed by atoms with Crippen LogP contribution in [0.2, 0.25) is 0 Å². The summed E-state index contributed by atoms with van der Waals surface area (Å²) in [6, 6.07) is 10.5. The van der Waals surface area contributed by atoms with Crippen LogP contribution in [0, 0.1) is 0 Å². The molecule has 0 unspecified atom stereocenters. The van der Waals surface area contributed by atoms with E-state index in [-0.39, 0.29) is 0 Å². The van der Waals surface area contributed by atoms with Crippen molar-refractivity contribution in [2.24, 2.45) is 0 Å². The molecule has 5 heteroatoms. The smallest absolute Gasteiger partial charge is 0.133 e. The molecule has 0 radical (unpaired) electrons. The summed E-state index contributed by atoms with van der Waals surface area (Å²) in [7, 11) is 2.08. The Morgan fingerprint density at radius 2 is 1.86 bits per heavy atom. The summed E-state index contributed by atoms with van der Waals surface area (Å²) in [4.78, 5) is 6.76. The van der Waals surface area contributed by atoms with Gasteiger partial charge in [0.2, 0.25) is 0 Å². The third kappa shape index (κ3) is 4.80. The highest BCUT2D eigenvalue weighted by molar-refractivity contribution is 9.10. The van der Waals surface area contributed by atoms with E-state index in [4.69, 9.17) is 0 Å². The predicted octanol–water partition coefficient (Wildman–Crippen LogP) is 4.35. The molecular formula is C16H19Br2N3. The second-order valence-corrected chi connectivity index (χ2v) is 6.73. The molecule has 0 saturated carbocycles. The van der Waals surface area contributed by atoms with Crippen molar-refractivity contribution in [3.63, 3.8) is 0 Å². The van der Waals surface area contributed by atoms with Crippen molar-refractivity contribution < 1.29 is 0 Å². The van der Waals surface area contributed by atoms with E-state index in [9.17, 15) is 0 Å². The molecule has 0 aliphatic carbocycles. The summed E-state index contributed by atoms with van der Waals surface area (Å²) >= 11 is 6.96. The molecule has 0 bridgehead atoms. The van der Waals surface area contributed by atoms with Crippen LogP contribution in [0.25, 0.3) is 0 Å². The lowest BCUT2D eigenvalue weighted by Crippen LogP contribution is -2.22. The van der Waals surface area contributed by atoms with Gasteiger partial charge in [0.15, 0.2) is 0 Å². The van der Waals surface area contributed by atoms with Crippen LogP contribution in [0.5, 0.6) is 0 Å². The summed E-state index contributed by atoms with van der Waals surface area (Å²) in [5, 5.41) is 3.36. The summed E-state index contributed by atoms with van der Waals surface area (Å²) in [6.07, 6.45) is 1.85. The van der Waals surface area contributed by atoms with Crippen molar-refractivity contribution in [1.29, 1.82) is 0 Å². The number of halogens is 2. The molecule has 1 aromatic carbocycles. The first-order valence-electron chi connectivity index (χ1n) is 6.91. The lowest BCUT2D eigenvalue weighted by atomic mass is 10.2. The second-order valence-electron chi connectivity index (χ2n) is 4.90. The Morgan fingerprint density at radius 1 is 1.14 bits per heavy atom. The van der Waals surface area contributed by atoms with Gasteiger partial charge in [-0.3, -0.25) is 0 Å². The Morgan fingerprint density at radius 3 is 2.52 bits per heavy atom. The van der Waals surface area contributed by atoms with Crippen LogP contribution in [0.3, 0.4) is 0 Å². The Kier molecular flexibility index (Phi) is 6.21. The maximum atomic E-state index is 4.57. The lowest BCUT2D eigenvalue weighted by molar-refractivity contribution is 0.718. The molecule has 0 aliphatic rings. The molecule has 1 aromatic heterocycles. The van der Waals surface area contributed by atoms with Gasteiger partial charge >= 0.3 is 0 Å². The fourth-order valence-electron chi connectivity index (χ4n) is 2.15. The van der Waals surface area contributed by atoms with Crippen molar-refractivity contribution in [2.75, 3.05) is 18.5 Å². The first-order valence-corrected chi connectivity index (χ1v) is 8.49. The number of benzene rings is 1. The molecule has 0 aliphatic heterocycles. The molecule has 1 N–H and O–H groups in total. The van der Waals surface area contributed by atoms with Gasteiger partial charge in [-0.15, -0.1) is 0 Å². The van der Waals surface area contributed by atoms with E-state index in [0.717, 1.165) is 34.4 Å². The Bertz CT molecular complexity index is 585. The normalized spacial score (nSPS) is 10.7. The van der Waals surface area contributed by atoms with E-state index in [1.807, 2.05) is 6.20 Å². The molecule has 3 nitrogen and oxygen atoms in total. The van der Waals surface area contributed by atoms with Crippen molar-refractivity contribution in [2.45, 2.75) is 20.0 Å². The topological polar surface area (TPSA) is 28.2 Å². The van der Waals surface area contributed by atoms with Gasteiger partial charge in [0, 0.05) is 40.8 Å². The standard InChI is InChI=1S/C16H19Br2N3/c1-3-19-9-13-8-15(18)10-20-16(13)21(2)11-12-4-6-14(17)7-5-12/h4-8,10,19H,3,9,11H2,1-2H3. The molecule has 21 heavy (non-hydrogen) atoms. The van der Waals surface area contributed by atoms with E-state index in [1.54, 1.807) is 0 Å². The van der Waals surface area contributed by atoms with Gasteiger partial charge in [0.1, 0.15) is 5.82 Å². The van der Waals surface area contributed by atoms with Gasteiger partial charge in [-0.2, -0.15) is 0 Å². The fourth-order valence-corrected chi connectivity index (χ4v) is 2.79. The van der Waals surface area contributed by atoms with E-state index in [1.165, 1.54) is 11.1 Å². The first-order chi connectivity index (χ1) is 10.1. The molecule has 2 rings (SSSR count). The van der Waals surface area contributed by atoms with Crippen LogP contribution >= 0.6 is 31.9 Å². The zero-order valence-corrected chi connectivity index (χ0v) is 15.4. The van der Waals surface area contributed by atoms with E-state index in [2.05, 4.69) is 91.4 Å². The number of anilines is 1. The van der Waals surface area contributed by atoms with Crippen LogP contribution < -0.4 is 10.2 Å². The van der Waals surface area contributed by atoms with Gasteiger partial charge in [-0.25, -0.2) is 4.98 Å². The fraction of sp³-hybridized carbons (Fsp3) is 0.312. The maximum absolute atomic E-state index is 4.57. The molecular weight excluding hydrogens is 394 g/mol. The molecule has 0 amide bonds. The minimum Gasteiger partial charge on any atom is -0.355 e. The number of pyridine rings is 1. The van der Waals surface area contributed by atoms with Crippen molar-refractivity contribution in [3.05, 3.63) is 56.6 Å². The molecule has 0 atom stereocenters. The van der Waals surface area contributed by atoms with Crippen LogP contribution in [0.4, 0.5) is 5.82 Å². The molecule has 2 aromatic rings. The highest BCUT2D eigenvalue weighted by Crippen LogP contribution is 2.22. The minimum absolute atomic E-state index is 0.822. The average molecular weight is 413 g/mol. The van der Waals surface area contributed by atoms with Crippen LogP contribution in [-0.4, -0.2) is 18.6 Å². The molecule has 0 spiro atoms. The highest BCUT2D eigenvalue weighted by atomic mass is 79.9. The summed E-state index contributed by atoms with van der Waals surface area (Å²) in [5.74, 6) is 1.02. The molecule has 1 heterocycles. The van der Waals surface area contributed by atoms with Gasteiger partial charge < -0.3 is 10.2 Å². The summed E-state index contributed by atoms with van der Waals surface area (Å²) in [5.41, 5.74) is 2.46. The average Bonchev–Trinajstić information content (AvgIpc) is 2.47. The van der Waals surface area contributed by atoms with Crippen LogP contribution in [0.1, 0.15) is 18.1 Å². The lowest BCUT2D eigenvalue weighted by Gasteiger charge is -2.21. The quantitative estimate of drug-likeness (QED) is 0.764. The molecule has 0 saturated heterocycles. The number of rotatable bonds is 6. The highest BCUT2D eigenvalue weighted by Gasteiger charge is 2.10. The minimum atomic E-state index is 0.822. The van der Waals surface area contributed by atoms with Crippen LogP contribution in [0.15, 0.2) is 45.5 Å².